The summed E-state index contributed by atoms with van der Waals surface area (Å²) in [7, 11) is 0. The van der Waals surface area contributed by atoms with E-state index in [1.54, 1.807) is 6.08 Å². The lowest BCUT2D eigenvalue weighted by atomic mass is 10.0. The number of fused-ring (bicyclic) bond motifs is 1. The fourth-order valence-electron chi connectivity index (χ4n) is 2.91. The Morgan fingerprint density at radius 3 is 2.63 bits per heavy atom. The summed E-state index contributed by atoms with van der Waals surface area (Å²) in [4.78, 5) is 24.4. The first-order valence-corrected chi connectivity index (χ1v) is 9.02. The minimum absolute atomic E-state index is 0.110. The number of para-hydroxylation sites is 1. The maximum atomic E-state index is 12.2. The molecular formula is C22H23NO4. The highest BCUT2D eigenvalue weighted by molar-refractivity contribution is 5.96. The van der Waals surface area contributed by atoms with Crippen molar-refractivity contribution in [1.82, 2.24) is 5.32 Å². The molecule has 0 saturated carbocycles. The second-order valence-electron chi connectivity index (χ2n) is 6.51. The van der Waals surface area contributed by atoms with Crippen LogP contribution in [0.4, 0.5) is 0 Å². The molecule has 0 unspecified atom stereocenters. The van der Waals surface area contributed by atoms with Crippen molar-refractivity contribution >= 4 is 18.0 Å². The minimum atomic E-state index is -0.539. The zero-order valence-corrected chi connectivity index (χ0v) is 15.5. The van der Waals surface area contributed by atoms with Crippen molar-refractivity contribution in [3.63, 3.8) is 0 Å². The van der Waals surface area contributed by atoms with E-state index in [1.165, 1.54) is 5.56 Å². The Hall–Kier alpha value is -3.08. The average molecular weight is 365 g/mol. The number of hydrogen-bond acceptors (Lipinski definition) is 4. The number of esters is 1. The van der Waals surface area contributed by atoms with Gasteiger partial charge in [-0.2, -0.15) is 0 Å². The Morgan fingerprint density at radius 2 is 1.89 bits per heavy atom. The highest BCUT2D eigenvalue weighted by Crippen LogP contribution is 2.26. The lowest BCUT2D eigenvalue weighted by molar-refractivity contribution is -0.145. The number of aryl methyl sites for hydroxylation is 1. The predicted octanol–water partition coefficient (Wildman–Crippen LogP) is 3.58. The van der Waals surface area contributed by atoms with E-state index in [4.69, 9.17) is 9.47 Å². The van der Waals surface area contributed by atoms with Crippen molar-refractivity contribution in [3.8, 4) is 5.75 Å². The third kappa shape index (κ3) is 4.76. The molecule has 1 N–H and O–H groups in total. The van der Waals surface area contributed by atoms with Crippen molar-refractivity contribution in [1.29, 1.82) is 0 Å². The fourth-order valence-corrected chi connectivity index (χ4v) is 2.91. The second kappa shape index (κ2) is 8.54. The molecule has 27 heavy (non-hydrogen) atoms. The molecule has 5 nitrogen and oxygen atoms in total. The van der Waals surface area contributed by atoms with Gasteiger partial charge in [-0.15, -0.1) is 0 Å². The van der Waals surface area contributed by atoms with E-state index in [9.17, 15) is 9.59 Å². The van der Waals surface area contributed by atoms with E-state index >= 15 is 0 Å². The van der Waals surface area contributed by atoms with E-state index in [-0.39, 0.29) is 25.2 Å². The van der Waals surface area contributed by atoms with Gasteiger partial charge in [-0.3, -0.25) is 4.79 Å². The summed E-state index contributed by atoms with van der Waals surface area (Å²) in [5, 5.41) is 2.91. The maximum Gasteiger partial charge on any atom is 0.338 e. The molecule has 1 amide bonds. The number of hydrogen-bond donors (Lipinski definition) is 1. The highest BCUT2D eigenvalue weighted by Gasteiger charge is 2.20. The van der Waals surface area contributed by atoms with Crippen LogP contribution < -0.4 is 10.1 Å². The van der Waals surface area contributed by atoms with Gasteiger partial charge in [-0.25, -0.2) is 4.79 Å². The van der Waals surface area contributed by atoms with Gasteiger partial charge in [0.05, 0.1) is 11.6 Å². The van der Waals surface area contributed by atoms with Crippen molar-refractivity contribution in [2.75, 3.05) is 13.2 Å². The van der Waals surface area contributed by atoms with Gasteiger partial charge >= 0.3 is 5.97 Å². The molecule has 0 bridgehead atoms. The van der Waals surface area contributed by atoms with E-state index in [0.29, 0.717) is 5.57 Å². The van der Waals surface area contributed by atoms with Crippen molar-refractivity contribution in [2.24, 2.45) is 0 Å². The molecule has 0 fully saturated rings. The molecule has 0 saturated heterocycles. The summed E-state index contributed by atoms with van der Waals surface area (Å²) in [6, 6.07) is 15.4. The van der Waals surface area contributed by atoms with Crippen LogP contribution >= 0.6 is 0 Å². The quantitative estimate of drug-likeness (QED) is 0.795. The summed E-state index contributed by atoms with van der Waals surface area (Å²) in [5.74, 6) is -0.132. The number of carbonyl (C=O) groups is 2. The van der Waals surface area contributed by atoms with Gasteiger partial charge in [0.15, 0.2) is 6.61 Å². The van der Waals surface area contributed by atoms with Crippen molar-refractivity contribution < 1.29 is 19.1 Å². The predicted molar refractivity (Wildman–Crippen MR) is 103 cm³/mol. The monoisotopic (exact) mass is 365 g/mol. The van der Waals surface area contributed by atoms with Gasteiger partial charge in [-0.05, 0) is 31.1 Å². The van der Waals surface area contributed by atoms with E-state index in [0.717, 1.165) is 23.3 Å². The van der Waals surface area contributed by atoms with E-state index in [1.807, 2.05) is 62.4 Å². The standard InChI is InChI=1S/C22H23NO4/c1-3-19(16-10-8-15(2)9-11-16)23-21(24)14-27-22(25)18-12-17-6-4-5-7-20(17)26-13-18/h4-12,19H,3,13-14H2,1-2H3,(H,23,24)/t19-/m0/s1. The first-order valence-electron chi connectivity index (χ1n) is 9.02. The van der Waals surface area contributed by atoms with Crippen LogP contribution in [0.1, 0.15) is 36.1 Å². The Labute approximate surface area is 159 Å². The van der Waals surface area contributed by atoms with Crippen LogP contribution in [0, 0.1) is 6.92 Å². The lowest BCUT2D eigenvalue weighted by Crippen LogP contribution is -2.32. The molecule has 1 aliphatic rings. The molecule has 1 atom stereocenters. The van der Waals surface area contributed by atoms with Gasteiger partial charge < -0.3 is 14.8 Å². The van der Waals surface area contributed by atoms with Crippen molar-refractivity contribution in [2.45, 2.75) is 26.3 Å². The lowest BCUT2D eigenvalue weighted by Gasteiger charge is -2.19. The second-order valence-corrected chi connectivity index (χ2v) is 6.51. The van der Waals surface area contributed by atoms with Crippen LogP contribution in [-0.4, -0.2) is 25.1 Å². The molecule has 2 aromatic rings. The molecule has 3 rings (SSSR count). The van der Waals surface area contributed by atoms with Crippen LogP contribution in [0.15, 0.2) is 54.1 Å². The molecule has 2 aromatic carbocycles. The molecule has 1 heterocycles. The van der Waals surface area contributed by atoms with Gasteiger partial charge in [0, 0.05) is 5.56 Å². The summed E-state index contributed by atoms with van der Waals surface area (Å²) >= 11 is 0. The smallest absolute Gasteiger partial charge is 0.338 e. The number of nitrogens with one attached hydrogen (secondary N) is 1. The molecule has 0 radical (unpaired) electrons. The Balaban J connectivity index is 1.55. The average Bonchev–Trinajstić information content (AvgIpc) is 2.70. The summed E-state index contributed by atoms with van der Waals surface area (Å²) in [6.45, 7) is 3.84. The normalized spacial score (nSPS) is 13.6. The molecule has 0 spiro atoms. The number of rotatable bonds is 6. The van der Waals surface area contributed by atoms with E-state index < -0.39 is 5.97 Å². The van der Waals surface area contributed by atoms with Crippen LogP contribution in [0.25, 0.3) is 6.08 Å². The molecule has 0 aromatic heterocycles. The Morgan fingerprint density at radius 1 is 1.15 bits per heavy atom. The molecule has 140 valence electrons. The third-order valence-corrected chi connectivity index (χ3v) is 4.45. The van der Waals surface area contributed by atoms with Gasteiger partial charge in [0.2, 0.25) is 0 Å². The SMILES string of the molecule is CC[C@H](NC(=O)COC(=O)C1=Cc2ccccc2OC1)c1ccc(C)cc1. The van der Waals surface area contributed by atoms with E-state index in [2.05, 4.69) is 5.32 Å². The van der Waals surface area contributed by atoms with Gasteiger partial charge in [-0.1, -0.05) is 55.0 Å². The number of benzene rings is 2. The van der Waals surface area contributed by atoms with Crippen LogP contribution in [0.3, 0.4) is 0 Å². The number of ether oxygens (including phenoxy) is 2. The molecule has 1 aliphatic heterocycles. The van der Waals surface area contributed by atoms with Gasteiger partial charge in [0.25, 0.3) is 5.91 Å². The third-order valence-electron chi connectivity index (χ3n) is 4.45. The number of carbonyl (C=O) groups excluding carboxylic acids is 2. The Kier molecular flexibility index (Phi) is 5.91. The zero-order chi connectivity index (χ0) is 19.2. The maximum absolute atomic E-state index is 12.2. The fraction of sp³-hybridized carbons (Fsp3) is 0.273. The zero-order valence-electron chi connectivity index (χ0n) is 15.5. The molecular weight excluding hydrogens is 342 g/mol. The minimum Gasteiger partial charge on any atom is -0.488 e. The largest absolute Gasteiger partial charge is 0.488 e. The van der Waals surface area contributed by atoms with Crippen LogP contribution in [0.2, 0.25) is 0 Å². The summed E-state index contributed by atoms with van der Waals surface area (Å²) in [5.41, 5.74) is 3.42. The van der Waals surface area contributed by atoms with Crippen LogP contribution in [-0.2, 0) is 14.3 Å². The van der Waals surface area contributed by atoms with Gasteiger partial charge in [0.1, 0.15) is 12.4 Å². The van der Waals surface area contributed by atoms with Crippen LogP contribution in [0.5, 0.6) is 5.75 Å². The number of amides is 1. The highest BCUT2D eigenvalue weighted by atomic mass is 16.5. The summed E-state index contributed by atoms with van der Waals surface area (Å²) < 4.78 is 10.7. The summed E-state index contributed by atoms with van der Waals surface area (Å²) in [6.07, 6.45) is 2.48. The molecule has 5 heteroatoms. The first-order chi connectivity index (χ1) is 13.1. The first kappa shape index (κ1) is 18.7. The topological polar surface area (TPSA) is 64.6 Å². The van der Waals surface area contributed by atoms with Crippen molar-refractivity contribution in [3.05, 3.63) is 70.8 Å². The molecule has 0 aliphatic carbocycles. The Bertz CT molecular complexity index is 855.